The van der Waals surface area contributed by atoms with Gasteiger partial charge in [-0.05, 0) is 36.6 Å². The Labute approximate surface area is 188 Å². The molecule has 3 aromatic rings. The van der Waals surface area contributed by atoms with Gasteiger partial charge in [0.2, 0.25) is 5.95 Å². The molecule has 0 unspecified atom stereocenters. The van der Waals surface area contributed by atoms with Crippen molar-refractivity contribution in [3.8, 4) is 11.3 Å². The van der Waals surface area contributed by atoms with Gasteiger partial charge in [0.15, 0.2) is 0 Å². The second kappa shape index (κ2) is 13.1. The molecule has 0 atom stereocenters. The smallest absolute Gasteiger partial charge is 0.323 e. The van der Waals surface area contributed by atoms with Crippen molar-refractivity contribution in [1.29, 1.82) is 0 Å². The van der Waals surface area contributed by atoms with E-state index in [2.05, 4.69) is 35.9 Å². The van der Waals surface area contributed by atoms with Gasteiger partial charge in [-0.3, -0.25) is 4.79 Å². The molecule has 31 heavy (non-hydrogen) atoms. The van der Waals surface area contributed by atoms with E-state index in [0.717, 1.165) is 16.3 Å². The Morgan fingerprint density at radius 2 is 1.65 bits per heavy atom. The molecule has 3 rings (SSSR count). The molecule has 1 aromatic heterocycles. The number of hydrogen-bond donors (Lipinski definition) is 1. The molecule has 0 saturated carbocycles. The third kappa shape index (κ3) is 8.97. The number of aromatic nitrogens is 2. The van der Waals surface area contributed by atoms with Gasteiger partial charge >= 0.3 is 5.97 Å². The molecular formula is C24H28ClN3O3. The first-order chi connectivity index (χ1) is 14.8. The van der Waals surface area contributed by atoms with Gasteiger partial charge in [-0.2, -0.15) is 0 Å². The summed E-state index contributed by atoms with van der Waals surface area (Å²) in [6.45, 7) is 8.21. The summed E-state index contributed by atoms with van der Waals surface area (Å²) in [7, 11) is 1.66. The summed E-state index contributed by atoms with van der Waals surface area (Å²) in [6.07, 6.45) is 1.65. The number of anilines is 1. The zero-order chi connectivity index (χ0) is 23.4. The molecule has 0 bridgehead atoms. The van der Waals surface area contributed by atoms with Gasteiger partial charge in [-0.15, -0.1) is 0 Å². The quantitative estimate of drug-likeness (QED) is 0.582. The van der Waals surface area contributed by atoms with Crippen LogP contribution in [0.3, 0.4) is 0 Å². The van der Waals surface area contributed by atoms with E-state index in [1.54, 1.807) is 13.2 Å². The van der Waals surface area contributed by atoms with Crippen molar-refractivity contribution in [3.05, 3.63) is 76.9 Å². The van der Waals surface area contributed by atoms with Crippen molar-refractivity contribution < 1.29 is 14.7 Å². The number of nitrogens with zero attached hydrogens (tertiary/aromatic N) is 3. The lowest BCUT2D eigenvalue weighted by molar-refractivity contribution is -0.135. The molecule has 0 aliphatic rings. The average molecular weight is 442 g/mol. The van der Waals surface area contributed by atoms with E-state index >= 15 is 0 Å². The fourth-order valence-electron chi connectivity index (χ4n) is 2.54. The maximum absolute atomic E-state index is 10.7. The van der Waals surface area contributed by atoms with Crippen molar-refractivity contribution in [1.82, 2.24) is 9.97 Å². The second-order valence-corrected chi connectivity index (χ2v) is 7.50. The number of carbonyl (C=O) groups is 2. The Morgan fingerprint density at radius 3 is 2.13 bits per heavy atom. The van der Waals surface area contributed by atoms with Crippen molar-refractivity contribution in [2.24, 2.45) is 0 Å². The van der Waals surface area contributed by atoms with Crippen molar-refractivity contribution >= 4 is 30.3 Å². The van der Waals surface area contributed by atoms with Gasteiger partial charge in [-0.25, -0.2) is 9.97 Å². The number of halogens is 1. The SMILES string of the molecule is C=O.CC(C)c1ccc(-c2ccnc(N(C)CC(=O)O)n2)cc1.Cc1ccc(Cl)cc1. The Kier molecular flexibility index (Phi) is 10.9. The highest BCUT2D eigenvalue weighted by Crippen LogP contribution is 2.22. The highest BCUT2D eigenvalue weighted by Gasteiger charge is 2.10. The molecule has 1 heterocycles. The van der Waals surface area contributed by atoms with Crippen LogP contribution in [0, 0.1) is 6.92 Å². The minimum Gasteiger partial charge on any atom is -0.480 e. The average Bonchev–Trinajstić information content (AvgIpc) is 2.77. The molecule has 164 valence electrons. The van der Waals surface area contributed by atoms with Crippen molar-refractivity contribution in [2.75, 3.05) is 18.5 Å². The maximum Gasteiger partial charge on any atom is 0.323 e. The first-order valence-electron chi connectivity index (χ1n) is 9.63. The molecule has 1 N–H and O–H groups in total. The van der Waals surface area contributed by atoms with Crippen LogP contribution >= 0.6 is 11.6 Å². The topological polar surface area (TPSA) is 83.4 Å². The molecule has 7 heteroatoms. The molecule has 0 radical (unpaired) electrons. The predicted octanol–water partition coefficient (Wildman–Crippen LogP) is 5.25. The number of carboxylic acid groups (broad SMARTS) is 1. The molecule has 0 saturated heterocycles. The minimum absolute atomic E-state index is 0.129. The van der Waals surface area contributed by atoms with Crippen molar-refractivity contribution in [3.63, 3.8) is 0 Å². The number of aryl methyl sites for hydroxylation is 1. The monoisotopic (exact) mass is 441 g/mol. The fraction of sp³-hybridized carbons (Fsp3) is 0.250. The predicted molar refractivity (Wildman–Crippen MR) is 126 cm³/mol. The third-order valence-corrected chi connectivity index (χ3v) is 4.49. The summed E-state index contributed by atoms with van der Waals surface area (Å²) in [4.78, 5) is 28.8. The second-order valence-electron chi connectivity index (χ2n) is 7.06. The van der Waals surface area contributed by atoms with Crippen LogP contribution in [-0.2, 0) is 9.59 Å². The number of rotatable bonds is 5. The molecule has 0 spiro atoms. The molecular weight excluding hydrogens is 414 g/mol. The van der Waals surface area contributed by atoms with E-state index in [-0.39, 0.29) is 6.54 Å². The molecule has 0 fully saturated rings. The van der Waals surface area contributed by atoms with E-state index in [1.807, 2.05) is 56.2 Å². The summed E-state index contributed by atoms with van der Waals surface area (Å²) >= 11 is 5.61. The van der Waals surface area contributed by atoms with E-state index in [9.17, 15) is 4.79 Å². The van der Waals surface area contributed by atoms with Crippen LogP contribution in [0.4, 0.5) is 5.95 Å². The lowest BCUT2D eigenvalue weighted by Gasteiger charge is -2.15. The van der Waals surface area contributed by atoms with Crippen LogP contribution in [0.15, 0.2) is 60.8 Å². The van der Waals surface area contributed by atoms with E-state index in [4.69, 9.17) is 21.5 Å². The first-order valence-corrected chi connectivity index (χ1v) is 10.0. The lowest BCUT2D eigenvalue weighted by Crippen LogP contribution is -2.26. The summed E-state index contributed by atoms with van der Waals surface area (Å²) in [5.74, 6) is -0.0164. The minimum atomic E-state index is -0.909. The maximum atomic E-state index is 10.7. The van der Waals surface area contributed by atoms with E-state index < -0.39 is 5.97 Å². The van der Waals surface area contributed by atoms with E-state index in [0.29, 0.717) is 11.9 Å². The van der Waals surface area contributed by atoms with Crippen LogP contribution in [0.1, 0.15) is 30.9 Å². The van der Waals surface area contributed by atoms with Crippen LogP contribution in [0.5, 0.6) is 0 Å². The third-order valence-electron chi connectivity index (χ3n) is 4.24. The van der Waals surface area contributed by atoms with Crippen LogP contribution in [-0.4, -0.2) is 41.4 Å². The first kappa shape index (κ1) is 25.8. The summed E-state index contributed by atoms with van der Waals surface area (Å²) in [6, 6.07) is 17.8. The fourth-order valence-corrected chi connectivity index (χ4v) is 2.66. The van der Waals surface area contributed by atoms with Gasteiger partial charge in [0.25, 0.3) is 0 Å². The van der Waals surface area contributed by atoms with Gasteiger partial charge in [0, 0.05) is 23.8 Å². The number of likely N-dealkylation sites (N-methyl/N-ethyl adjacent to an activating group) is 1. The lowest BCUT2D eigenvalue weighted by atomic mass is 10.0. The summed E-state index contributed by atoms with van der Waals surface area (Å²) in [5, 5.41) is 9.62. The number of hydrogen-bond acceptors (Lipinski definition) is 5. The zero-order valence-electron chi connectivity index (χ0n) is 18.2. The molecule has 0 aliphatic carbocycles. The molecule has 0 aliphatic heterocycles. The highest BCUT2D eigenvalue weighted by atomic mass is 35.5. The highest BCUT2D eigenvalue weighted by molar-refractivity contribution is 6.30. The van der Waals surface area contributed by atoms with Gasteiger partial charge in [-0.1, -0.05) is 67.4 Å². The largest absolute Gasteiger partial charge is 0.480 e. The normalized spacial score (nSPS) is 9.74. The van der Waals surface area contributed by atoms with Crippen LogP contribution < -0.4 is 4.90 Å². The molecule has 0 amide bonds. The number of benzene rings is 2. The van der Waals surface area contributed by atoms with Gasteiger partial charge < -0.3 is 14.8 Å². The van der Waals surface area contributed by atoms with E-state index in [1.165, 1.54) is 16.0 Å². The Hall–Kier alpha value is -3.25. The number of carbonyl (C=O) groups excluding carboxylic acids is 1. The van der Waals surface area contributed by atoms with Crippen molar-refractivity contribution in [2.45, 2.75) is 26.7 Å². The van der Waals surface area contributed by atoms with Gasteiger partial charge in [0.1, 0.15) is 13.3 Å². The summed E-state index contributed by atoms with van der Waals surface area (Å²) < 4.78 is 0. The Morgan fingerprint density at radius 1 is 1.06 bits per heavy atom. The van der Waals surface area contributed by atoms with Gasteiger partial charge in [0.05, 0.1) is 5.69 Å². The number of carboxylic acids is 1. The molecule has 6 nitrogen and oxygen atoms in total. The zero-order valence-corrected chi connectivity index (χ0v) is 19.0. The van der Waals surface area contributed by atoms with Crippen LogP contribution in [0.2, 0.25) is 5.02 Å². The Bertz CT molecular complexity index is 924. The summed E-state index contributed by atoms with van der Waals surface area (Å²) in [5.41, 5.74) is 4.30. The standard InChI is InChI=1S/C16H19N3O2.C7H7Cl.CH2O/c1-11(2)12-4-6-13(7-5-12)14-8-9-17-16(18-14)19(3)10-15(20)21;1-6-2-4-7(8)5-3-6;1-2/h4-9,11H,10H2,1-3H3,(H,20,21);2-5H,1H3;1H2. The van der Waals surface area contributed by atoms with Crippen LogP contribution in [0.25, 0.3) is 11.3 Å². The Balaban J connectivity index is 0.000000400. The molecule has 2 aromatic carbocycles. The number of aliphatic carboxylic acids is 1.